The van der Waals surface area contributed by atoms with E-state index in [1.165, 1.54) is 35.6 Å². The summed E-state index contributed by atoms with van der Waals surface area (Å²) in [7, 11) is 0. The highest BCUT2D eigenvalue weighted by atomic mass is 15.0. The van der Waals surface area contributed by atoms with E-state index in [-0.39, 0.29) is 0 Å². The van der Waals surface area contributed by atoms with Crippen molar-refractivity contribution < 1.29 is 0 Å². The van der Waals surface area contributed by atoms with E-state index in [0.717, 1.165) is 12.2 Å². The highest BCUT2D eigenvalue weighted by Crippen LogP contribution is 2.27. The molecule has 0 radical (unpaired) electrons. The number of nitrogens with zero attached hydrogens (tertiary/aromatic N) is 2. The Labute approximate surface area is 120 Å². The van der Waals surface area contributed by atoms with Gasteiger partial charge in [0.25, 0.3) is 0 Å². The summed E-state index contributed by atoms with van der Waals surface area (Å²) in [5, 5.41) is 2.54. The van der Waals surface area contributed by atoms with Crippen molar-refractivity contribution >= 4 is 10.8 Å². The van der Waals surface area contributed by atoms with Crippen LogP contribution in [0.3, 0.4) is 0 Å². The van der Waals surface area contributed by atoms with Gasteiger partial charge in [0.05, 0.1) is 12.0 Å². The van der Waals surface area contributed by atoms with Gasteiger partial charge in [0.2, 0.25) is 0 Å². The topological polar surface area (TPSA) is 17.8 Å². The van der Waals surface area contributed by atoms with Crippen LogP contribution in [0.1, 0.15) is 26.2 Å². The minimum Gasteiger partial charge on any atom is -0.337 e. The molecule has 2 heteroatoms. The van der Waals surface area contributed by atoms with Crippen molar-refractivity contribution in [2.45, 2.75) is 32.7 Å². The van der Waals surface area contributed by atoms with E-state index < -0.39 is 0 Å². The highest BCUT2D eigenvalue weighted by molar-refractivity contribution is 5.95. The molecule has 0 fully saturated rings. The summed E-state index contributed by atoms with van der Waals surface area (Å²) in [6, 6.07) is 14.9. The number of aromatic nitrogens is 2. The van der Waals surface area contributed by atoms with Crippen LogP contribution in [-0.4, -0.2) is 9.55 Å². The highest BCUT2D eigenvalue weighted by Gasteiger charge is 2.06. The number of hydrogen-bond donors (Lipinski definition) is 0. The first-order valence-electron chi connectivity index (χ1n) is 7.38. The van der Waals surface area contributed by atoms with Gasteiger partial charge in [0, 0.05) is 18.3 Å². The summed E-state index contributed by atoms with van der Waals surface area (Å²) in [5.41, 5.74) is 2.29. The predicted octanol–water partition coefficient (Wildman–Crippen LogP) is 4.89. The molecule has 1 aromatic heterocycles. The number of rotatable bonds is 5. The first-order chi connectivity index (χ1) is 9.88. The maximum atomic E-state index is 4.58. The molecule has 2 nitrogen and oxygen atoms in total. The van der Waals surface area contributed by atoms with Crippen LogP contribution in [0.4, 0.5) is 0 Å². The van der Waals surface area contributed by atoms with Gasteiger partial charge in [-0.1, -0.05) is 62.2 Å². The maximum Gasteiger partial charge on any atom is 0.0953 e. The van der Waals surface area contributed by atoms with Gasteiger partial charge in [-0.2, -0.15) is 0 Å². The van der Waals surface area contributed by atoms with Gasteiger partial charge in [-0.15, -0.1) is 0 Å². The lowest BCUT2D eigenvalue weighted by atomic mass is 10.0. The number of aryl methyl sites for hydroxylation is 1. The standard InChI is InChI=1S/C18H20N2/c1-2-3-6-12-20-13-18(19-14-20)17-11-7-9-15-8-4-5-10-16(15)17/h4-5,7-11,13-14H,2-3,6,12H2,1H3. The second-order valence-corrected chi connectivity index (χ2v) is 5.23. The lowest BCUT2D eigenvalue weighted by Gasteiger charge is -2.03. The second-order valence-electron chi connectivity index (χ2n) is 5.23. The second kappa shape index (κ2) is 5.91. The molecule has 0 aliphatic rings. The molecule has 0 spiro atoms. The molecule has 2 aromatic carbocycles. The van der Waals surface area contributed by atoms with E-state index in [0.29, 0.717) is 0 Å². The minimum absolute atomic E-state index is 1.06. The fraction of sp³-hybridized carbons (Fsp3) is 0.278. The Hall–Kier alpha value is -2.09. The van der Waals surface area contributed by atoms with Crippen molar-refractivity contribution in [2.24, 2.45) is 0 Å². The van der Waals surface area contributed by atoms with Gasteiger partial charge in [-0.25, -0.2) is 4.98 Å². The Morgan fingerprint density at radius 2 is 1.85 bits per heavy atom. The zero-order valence-electron chi connectivity index (χ0n) is 11.9. The quantitative estimate of drug-likeness (QED) is 0.600. The van der Waals surface area contributed by atoms with Crippen LogP contribution in [0.2, 0.25) is 0 Å². The molecule has 0 unspecified atom stereocenters. The fourth-order valence-corrected chi connectivity index (χ4v) is 2.61. The fourth-order valence-electron chi connectivity index (χ4n) is 2.61. The monoisotopic (exact) mass is 264 g/mol. The molecule has 3 rings (SSSR count). The van der Waals surface area contributed by atoms with Crippen molar-refractivity contribution in [1.82, 2.24) is 9.55 Å². The Morgan fingerprint density at radius 1 is 1.00 bits per heavy atom. The molecule has 102 valence electrons. The molecule has 0 bridgehead atoms. The molecule has 0 saturated heterocycles. The SMILES string of the molecule is CCCCCn1cnc(-c2cccc3ccccc23)c1. The lowest BCUT2D eigenvalue weighted by molar-refractivity contribution is 0.602. The van der Waals surface area contributed by atoms with Gasteiger partial charge in [0.1, 0.15) is 0 Å². The maximum absolute atomic E-state index is 4.58. The number of imidazole rings is 1. The van der Waals surface area contributed by atoms with Crippen LogP contribution in [0, 0.1) is 0 Å². The van der Waals surface area contributed by atoms with E-state index in [9.17, 15) is 0 Å². The van der Waals surface area contributed by atoms with E-state index in [1.807, 2.05) is 6.33 Å². The molecule has 3 aromatic rings. The normalized spacial score (nSPS) is 11.1. The summed E-state index contributed by atoms with van der Waals surface area (Å²) >= 11 is 0. The van der Waals surface area contributed by atoms with Gasteiger partial charge >= 0.3 is 0 Å². The Morgan fingerprint density at radius 3 is 2.75 bits per heavy atom. The molecule has 20 heavy (non-hydrogen) atoms. The van der Waals surface area contributed by atoms with Gasteiger partial charge in [-0.05, 0) is 17.2 Å². The van der Waals surface area contributed by atoms with E-state index >= 15 is 0 Å². The van der Waals surface area contributed by atoms with Crippen molar-refractivity contribution in [2.75, 3.05) is 0 Å². The molecule has 0 N–H and O–H groups in total. The molecular weight excluding hydrogens is 244 g/mol. The number of benzene rings is 2. The van der Waals surface area contributed by atoms with Crippen LogP contribution in [-0.2, 0) is 6.54 Å². The number of hydrogen-bond acceptors (Lipinski definition) is 1. The van der Waals surface area contributed by atoms with Crippen LogP contribution in [0.15, 0.2) is 55.0 Å². The molecule has 0 saturated carbocycles. The Kier molecular flexibility index (Phi) is 3.82. The minimum atomic E-state index is 1.06. The smallest absolute Gasteiger partial charge is 0.0953 e. The van der Waals surface area contributed by atoms with E-state index in [2.05, 4.69) is 65.1 Å². The summed E-state index contributed by atoms with van der Waals surface area (Å²) in [6.45, 7) is 3.29. The summed E-state index contributed by atoms with van der Waals surface area (Å²) in [6.07, 6.45) is 7.87. The van der Waals surface area contributed by atoms with Crippen molar-refractivity contribution in [1.29, 1.82) is 0 Å². The van der Waals surface area contributed by atoms with Crippen molar-refractivity contribution in [3.8, 4) is 11.3 Å². The summed E-state index contributed by atoms with van der Waals surface area (Å²) in [5.74, 6) is 0. The van der Waals surface area contributed by atoms with Crippen LogP contribution in [0.5, 0.6) is 0 Å². The summed E-state index contributed by atoms with van der Waals surface area (Å²) < 4.78 is 2.20. The molecule has 0 aliphatic carbocycles. The first kappa shape index (κ1) is 12.9. The molecular formula is C18H20N2. The van der Waals surface area contributed by atoms with Crippen LogP contribution in [0.25, 0.3) is 22.0 Å². The number of unbranched alkanes of at least 4 members (excludes halogenated alkanes) is 2. The van der Waals surface area contributed by atoms with Crippen molar-refractivity contribution in [3.63, 3.8) is 0 Å². The van der Waals surface area contributed by atoms with Crippen LogP contribution < -0.4 is 0 Å². The molecule has 0 aliphatic heterocycles. The zero-order chi connectivity index (χ0) is 13.8. The van der Waals surface area contributed by atoms with Crippen molar-refractivity contribution in [3.05, 3.63) is 55.0 Å². The van der Waals surface area contributed by atoms with E-state index in [1.54, 1.807) is 0 Å². The van der Waals surface area contributed by atoms with E-state index in [4.69, 9.17) is 0 Å². The van der Waals surface area contributed by atoms with Crippen LogP contribution >= 0.6 is 0 Å². The zero-order valence-corrected chi connectivity index (χ0v) is 11.9. The largest absolute Gasteiger partial charge is 0.337 e. The van der Waals surface area contributed by atoms with Gasteiger partial charge in [0.15, 0.2) is 0 Å². The lowest BCUT2D eigenvalue weighted by Crippen LogP contribution is -1.93. The van der Waals surface area contributed by atoms with Gasteiger partial charge in [-0.3, -0.25) is 0 Å². The predicted molar refractivity (Wildman–Crippen MR) is 84.7 cm³/mol. The first-order valence-corrected chi connectivity index (χ1v) is 7.38. The third-order valence-corrected chi connectivity index (χ3v) is 3.72. The molecule has 0 amide bonds. The Balaban J connectivity index is 1.91. The Bertz CT molecular complexity index is 692. The third-order valence-electron chi connectivity index (χ3n) is 3.72. The average Bonchev–Trinajstić information content (AvgIpc) is 2.96. The average molecular weight is 264 g/mol. The molecule has 1 heterocycles. The van der Waals surface area contributed by atoms with Gasteiger partial charge < -0.3 is 4.57 Å². The molecule has 0 atom stereocenters. The summed E-state index contributed by atoms with van der Waals surface area (Å²) in [4.78, 5) is 4.58. The number of fused-ring (bicyclic) bond motifs is 1. The third kappa shape index (κ3) is 2.60.